The largest absolute Gasteiger partial charge is 0.516 e. The number of fused-ring (bicyclic) bond motifs is 2. The van der Waals surface area contributed by atoms with Crippen LogP contribution in [0.5, 0.6) is 11.5 Å². The summed E-state index contributed by atoms with van der Waals surface area (Å²) in [6.07, 6.45) is -0.751. The molecule has 13 heteroatoms. The van der Waals surface area contributed by atoms with Gasteiger partial charge in [-0.25, -0.2) is 9.37 Å². The molecule has 5 rings (SSSR count). The third kappa shape index (κ3) is 5.54. The van der Waals surface area contributed by atoms with Gasteiger partial charge in [-0.1, -0.05) is 12.1 Å². The molecule has 200 valence electrons. The van der Waals surface area contributed by atoms with E-state index in [4.69, 9.17) is 9.47 Å². The molecule has 0 saturated heterocycles. The van der Waals surface area contributed by atoms with Gasteiger partial charge in [-0.15, -0.1) is 11.3 Å². The average molecular weight is 569 g/mol. The summed E-state index contributed by atoms with van der Waals surface area (Å²) in [6, 6.07) is 14.9. The Kier molecular flexibility index (Phi) is 6.92. The first-order chi connectivity index (χ1) is 18.0. The third-order valence-corrected chi connectivity index (χ3v) is 8.06. The number of anilines is 1. The van der Waals surface area contributed by atoms with Crippen LogP contribution in [0.1, 0.15) is 22.2 Å². The van der Waals surface area contributed by atoms with Crippen LogP contribution in [0.2, 0.25) is 0 Å². The smallest absolute Gasteiger partial charge is 0.493 e. The zero-order chi connectivity index (χ0) is 27.1. The molecule has 2 heterocycles. The molecule has 2 N–H and O–H groups in total. The standard InChI is InChI=1S/C25H20F4N2O5S2/c26-16-4-7-22-20(10-16)30-23(37-22)13-35-18-5-6-21-19(11-18)24(32)15(12-36-21)8-14-2-1-3-17(9-14)31-38(33,34)25(27,28)29/h1-7,9-11,15,24,31-32H,8,12-13H2/t15-,24-/m0/s1. The van der Waals surface area contributed by atoms with E-state index in [2.05, 4.69) is 4.98 Å². The number of aromatic nitrogens is 1. The molecule has 1 aliphatic heterocycles. The minimum absolute atomic E-state index is 0.140. The highest BCUT2D eigenvalue weighted by Gasteiger charge is 2.46. The lowest BCUT2D eigenvalue weighted by Crippen LogP contribution is -2.30. The highest BCUT2D eigenvalue weighted by atomic mass is 32.2. The number of nitrogens with one attached hydrogen (secondary N) is 1. The number of thiazole rings is 1. The van der Waals surface area contributed by atoms with Crippen molar-refractivity contribution < 1.29 is 40.6 Å². The lowest BCUT2D eigenvalue weighted by atomic mass is 9.88. The van der Waals surface area contributed by atoms with E-state index in [9.17, 15) is 31.1 Å². The molecule has 0 amide bonds. The van der Waals surface area contributed by atoms with E-state index in [1.807, 2.05) is 0 Å². The Balaban J connectivity index is 1.27. The van der Waals surface area contributed by atoms with Gasteiger partial charge in [-0.3, -0.25) is 4.72 Å². The molecule has 0 radical (unpaired) electrons. The fourth-order valence-corrected chi connectivity index (χ4v) is 5.54. The van der Waals surface area contributed by atoms with Gasteiger partial charge in [0, 0.05) is 23.2 Å². The van der Waals surface area contributed by atoms with Crippen molar-refractivity contribution in [2.75, 3.05) is 11.3 Å². The van der Waals surface area contributed by atoms with E-state index >= 15 is 0 Å². The van der Waals surface area contributed by atoms with Crippen molar-refractivity contribution in [2.45, 2.75) is 24.6 Å². The number of aliphatic hydroxyl groups excluding tert-OH is 1. The third-order valence-electron chi connectivity index (χ3n) is 5.94. The van der Waals surface area contributed by atoms with E-state index in [0.29, 0.717) is 33.2 Å². The minimum atomic E-state index is -5.55. The van der Waals surface area contributed by atoms with Gasteiger partial charge in [0.15, 0.2) is 0 Å². The second kappa shape index (κ2) is 10.0. The Morgan fingerprint density at radius 2 is 1.95 bits per heavy atom. The van der Waals surface area contributed by atoms with E-state index in [0.717, 1.165) is 4.70 Å². The SMILES string of the molecule is O=S(=O)(Nc1cccc(C[C@H]2COc3ccc(OCc4nc5cc(F)ccc5s4)cc3[C@H]2O)c1)C(F)(F)F. The number of benzene rings is 3. The first-order valence-electron chi connectivity index (χ1n) is 11.3. The van der Waals surface area contributed by atoms with E-state index in [-0.39, 0.29) is 31.1 Å². The molecule has 38 heavy (non-hydrogen) atoms. The maximum Gasteiger partial charge on any atom is 0.516 e. The van der Waals surface area contributed by atoms with Crippen molar-refractivity contribution in [3.05, 3.63) is 82.6 Å². The molecule has 0 bridgehead atoms. The lowest BCUT2D eigenvalue weighted by molar-refractivity contribution is -0.0429. The number of hydrogen-bond acceptors (Lipinski definition) is 7. The Morgan fingerprint density at radius 1 is 1.13 bits per heavy atom. The van der Waals surface area contributed by atoms with Crippen molar-refractivity contribution in [1.82, 2.24) is 4.98 Å². The van der Waals surface area contributed by atoms with E-state index in [1.165, 1.54) is 46.4 Å². The highest BCUT2D eigenvalue weighted by Crippen LogP contribution is 2.39. The predicted molar refractivity (Wildman–Crippen MR) is 133 cm³/mol. The van der Waals surface area contributed by atoms with Crippen LogP contribution < -0.4 is 14.2 Å². The maximum atomic E-state index is 13.4. The average Bonchev–Trinajstić information content (AvgIpc) is 3.26. The highest BCUT2D eigenvalue weighted by molar-refractivity contribution is 7.93. The molecule has 4 aromatic rings. The molecule has 1 aliphatic rings. The minimum Gasteiger partial charge on any atom is -0.493 e. The van der Waals surface area contributed by atoms with Crippen molar-refractivity contribution in [1.29, 1.82) is 0 Å². The summed E-state index contributed by atoms with van der Waals surface area (Å²) in [5, 5.41) is 11.7. The van der Waals surface area contributed by atoms with Crippen molar-refractivity contribution in [3.63, 3.8) is 0 Å². The van der Waals surface area contributed by atoms with Crippen LogP contribution in [-0.4, -0.2) is 30.6 Å². The van der Waals surface area contributed by atoms with Crippen LogP contribution in [0.3, 0.4) is 0 Å². The van der Waals surface area contributed by atoms with Crippen LogP contribution >= 0.6 is 11.3 Å². The van der Waals surface area contributed by atoms with Gasteiger partial charge in [0.05, 0.1) is 22.9 Å². The summed E-state index contributed by atoms with van der Waals surface area (Å²) in [4.78, 5) is 4.37. The number of halogens is 4. The van der Waals surface area contributed by atoms with Crippen LogP contribution in [-0.2, 0) is 23.1 Å². The summed E-state index contributed by atoms with van der Waals surface area (Å²) >= 11 is 1.38. The molecule has 2 atom stereocenters. The Hall–Kier alpha value is -3.42. The molecule has 0 fully saturated rings. The summed E-state index contributed by atoms with van der Waals surface area (Å²) in [7, 11) is -5.55. The first kappa shape index (κ1) is 26.2. The Labute approximate surface area is 218 Å². The fraction of sp³-hybridized carbons (Fsp3) is 0.240. The number of sulfonamides is 1. The maximum absolute atomic E-state index is 13.4. The summed E-state index contributed by atoms with van der Waals surface area (Å²) in [5.74, 6) is 0.110. The first-order valence-corrected chi connectivity index (χ1v) is 13.6. The second-order valence-corrected chi connectivity index (χ2v) is 11.5. The molecule has 0 spiro atoms. The van der Waals surface area contributed by atoms with Crippen LogP contribution in [0.25, 0.3) is 10.2 Å². The van der Waals surface area contributed by atoms with E-state index < -0.39 is 27.6 Å². The van der Waals surface area contributed by atoms with Crippen molar-refractivity contribution in [2.24, 2.45) is 5.92 Å². The molecule has 0 aliphatic carbocycles. The zero-order valence-electron chi connectivity index (χ0n) is 19.4. The van der Waals surface area contributed by atoms with Gasteiger partial charge < -0.3 is 14.6 Å². The van der Waals surface area contributed by atoms with Gasteiger partial charge in [-0.2, -0.15) is 21.6 Å². The Morgan fingerprint density at radius 3 is 2.74 bits per heavy atom. The van der Waals surface area contributed by atoms with Gasteiger partial charge in [-0.05, 0) is 54.4 Å². The van der Waals surface area contributed by atoms with Crippen molar-refractivity contribution >= 4 is 37.3 Å². The molecule has 7 nitrogen and oxygen atoms in total. The number of nitrogens with zero attached hydrogens (tertiary/aromatic N) is 1. The quantitative estimate of drug-likeness (QED) is 0.284. The summed E-state index contributed by atoms with van der Waals surface area (Å²) in [5.41, 5.74) is -4.13. The van der Waals surface area contributed by atoms with Crippen LogP contribution in [0.4, 0.5) is 23.2 Å². The molecule has 0 unspecified atom stereocenters. The molecule has 3 aromatic carbocycles. The predicted octanol–water partition coefficient (Wildman–Crippen LogP) is 5.56. The normalized spacial score (nSPS) is 17.6. The van der Waals surface area contributed by atoms with Gasteiger partial charge in [0.25, 0.3) is 0 Å². The van der Waals surface area contributed by atoms with Crippen LogP contribution in [0, 0.1) is 11.7 Å². The summed E-state index contributed by atoms with van der Waals surface area (Å²) < 4.78 is 88.4. The zero-order valence-corrected chi connectivity index (χ0v) is 21.0. The number of aliphatic hydroxyl groups is 1. The molecule has 1 aromatic heterocycles. The van der Waals surface area contributed by atoms with E-state index in [1.54, 1.807) is 30.3 Å². The second-order valence-electron chi connectivity index (χ2n) is 8.68. The topological polar surface area (TPSA) is 97.8 Å². The number of rotatable bonds is 7. The molecule has 0 saturated carbocycles. The van der Waals surface area contributed by atoms with Gasteiger partial charge >= 0.3 is 15.5 Å². The summed E-state index contributed by atoms with van der Waals surface area (Å²) in [6.45, 7) is 0.288. The van der Waals surface area contributed by atoms with Crippen molar-refractivity contribution in [3.8, 4) is 11.5 Å². The lowest BCUT2D eigenvalue weighted by Gasteiger charge is -2.30. The fourth-order valence-electron chi connectivity index (χ4n) is 4.12. The number of alkyl halides is 3. The molecular weight excluding hydrogens is 548 g/mol. The number of hydrogen-bond donors (Lipinski definition) is 2. The van der Waals surface area contributed by atoms with Gasteiger partial charge in [0.2, 0.25) is 0 Å². The van der Waals surface area contributed by atoms with Gasteiger partial charge in [0.1, 0.15) is 28.9 Å². The monoisotopic (exact) mass is 568 g/mol. The Bertz CT molecular complexity index is 1590. The molecular formula is C25H20F4N2O5S2. The van der Waals surface area contributed by atoms with Crippen LogP contribution in [0.15, 0.2) is 60.7 Å². The number of ether oxygens (including phenoxy) is 2.